The summed E-state index contributed by atoms with van der Waals surface area (Å²) in [6.07, 6.45) is 0.613. The maximum Gasteiger partial charge on any atom is 0.306 e. The fourth-order valence-electron chi connectivity index (χ4n) is 1.66. The van der Waals surface area contributed by atoms with Crippen LogP contribution in [0.5, 0.6) is 0 Å². The maximum atomic E-state index is 10.8. The molecule has 1 unspecified atom stereocenters. The molecule has 0 radical (unpaired) electrons. The van der Waals surface area contributed by atoms with E-state index < -0.39 is 5.97 Å². The average molecular weight is 206 g/mol. The molecular formula is C13H18O2. The van der Waals surface area contributed by atoms with E-state index in [1.165, 1.54) is 16.7 Å². The topological polar surface area (TPSA) is 37.3 Å². The van der Waals surface area contributed by atoms with Gasteiger partial charge in [-0.25, -0.2) is 0 Å². The van der Waals surface area contributed by atoms with Gasteiger partial charge in [0.15, 0.2) is 0 Å². The van der Waals surface area contributed by atoms with E-state index in [4.69, 9.17) is 5.11 Å². The Morgan fingerprint density at radius 3 is 2.27 bits per heavy atom. The highest BCUT2D eigenvalue weighted by Crippen LogP contribution is 2.18. The molecule has 1 aromatic carbocycles. The van der Waals surface area contributed by atoms with Crippen LogP contribution in [0.2, 0.25) is 0 Å². The lowest BCUT2D eigenvalue weighted by Crippen LogP contribution is -2.13. The minimum atomic E-state index is -0.729. The summed E-state index contributed by atoms with van der Waals surface area (Å²) in [4.78, 5) is 10.8. The Kier molecular flexibility index (Phi) is 3.51. The highest BCUT2D eigenvalue weighted by Gasteiger charge is 2.13. The molecule has 0 heterocycles. The quantitative estimate of drug-likeness (QED) is 0.825. The number of hydrogen-bond donors (Lipinski definition) is 1. The van der Waals surface area contributed by atoms with Crippen molar-refractivity contribution >= 4 is 5.97 Å². The Balaban J connectivity index is 2.95. The molecule has 1 N–H and O–H groups in total. The molecule has 0 saturated carbocycles. The summed E-state index contributed by atoms with van der Waals surface area (Å²) >= 11 is 0. The van der Waals surface area contributed by atoms with Crippen LogP contribution in [0.15, 0.2) is 12.1 Å². The van der Waals surface area contributed by atoms with Crippen molar-refractivity contribution in [3.05, 3.63) is 34.4 Å². The monoisotopic (exact) mass is 206 g/mol. The van der Waals surface area contributed by atoms with Crippen LogP contribution in [0.3, 0.4) is 0 Å². The summed E-state index contributed by atoms with van der Waals surface area (Å²) in [6.45, 7) is 7.92. The molecule has 0 spiro atoms. The van der Waals surface area contributed by atoms with Gasteiger partial charge in [-0.15, -0.1) is 0 Å². The third-order valence-corrected chi connectivity index (χ3v) is 2.90. The van der Waals surface area contributed by atoms with Crippen molar-refractivity contribution < 1.29 is 9.90 Å². The largest absolute Gasteiger partial charge is 0.481 e. The van der Waals surface area contributed by atoms with Crippen LogP contribution in [-0.4, -0.2) is 11.1 Å². The van der Waals surface area contributed by atoms with E-state index in [1.54, 1.807) is 6.92 Å². The van der Waals surface area contributed by atoms with E-state index in [0.29, 0.717) is 6.42 Å². The van der Waals surface area contributed by atoms with Crippen LogP contribution in [0, 0.1) is 26.7 Å². The van der Waals surface area contributed by atoms with E-state index in [-0.39, 0.29) is 5.92 Å². The fraction of sp³-hybridized carbons (Fsp3) is 0.462. The number of aliphatic carboxylic acids is 1. The van der Waals surface area contributed by atoms with Crippen LogP contribution >= 0.6 is 0 Å². The van der Waals surface area contributed by atoms with Crippen molar-refractivity contribution in [1.82, 2.24) is 0 Å². The lowest BCUT2D eigenvalue weighted by Gasteiger charge is -2.12. The van der Waals surface area contributed by atoms with E-state index in [1.807, 2.05) is 6.92 Å². The SMILES string of the molecule is Cc1cc(C)c(CC(C)C(=O)O)cc1C. The van der Waals surface area contributed by atoms with Gasteiger partial charge in [0.2, 0.25) is 0 Å². The average Bonchev–Trinajstić information content (AvgIpc) is 2.13. The molecule has 15 heavy (non-hydrogen) atoms. The standard InChI is InChI=1S/C13H18O2/c1-8-5-10(3)12(6-9(8)2)7-11(4)13(14)15/h5-6,11H,7H2,1-4H3,(H,14,15). The van der Waals surface area contributed by atoms with Crippen molar-refractivity contribution in [2.24, 2.45) is 5.92 Å². The molecule has 0 aromatic heterocycles. The Hall–Kier alpha value is -1.31. The molecule has 0 amide bonds. The first kappa shape index (κ1) is 11.8. The second-order valence-corrected chi connectivity index (χ2v) is 4.31. The molecule has 0 fully saturated rings. The number of benzene rings is 1. The lowest BCUT2D eigenvalue weighted by atomic mass is 9.94. The first-order valence-electron chi connectivity index (χ1n) is 5.21. The van der Waals surface area contributed by atoms with Gasteiger partial charge in [-0.05, 0) is 49.4 Å². The highest BCUT2D eigenvalue weighted by atomic mass is 16.4. The molecule has 1 rings (SSSR count). The molecule has 2 heteroatoms. The Morgan fingerprint density at radius 2 is 1.73 bits per heavy atom. The molecule has 0 bridgehead atoms. The van der Waals surface area contributed by atoms with Crippen molar-refractivity contribution in [2.75, 3.05) is 0 Å². The van der Waals surface area contributed by atoms with E-state index in [9.17, 15) is 4.79 Å². The van der Waals surface area contributed by atoms with Gasteiger partial charge in [-0.1, -0.05) is 19.1 Å². The number of carbonyl (C=O) groups is 1. The van der Waals surface area contributed by atoms with Crippen LogP contribution in [0.1, 0.15) is 29.2 Å². The predicted octanol–water partition coefficient (Wildman–Crippen LogP) is 2.88. The zero-order valence-corrected chi connectivity index (χ0v) is 9.79. The predicted molar refractivity (Wildman–Crippen MR) is 61.2 cm³/mol. The van der Waals surface area contributed by atoms with E-state index in [2.05, 4.69) is 26.0 Å². The number of hydrogen-bond acceptors (Lipinski definition) is 1. The normalized spacial score (nSPS) is 12.5. The number of carboxylic acids is 1. The number of rotatable bonds is 3. The summed E-state index contributed by atoms with van der Waals surface area (Å²) < 4.78 is 0. The van der Waals surface area contributed by atoms with Crippen LogP contribution in [0.25, 0.3) is 0 Å². The Morgan fingerprint density at radius 1 is 1.20 bits per heavy atom. The first-order chi connectivity index (χ1) is 6.91. The third kappa shape index (κ3) is 2.82. The summed E-state index contributed by atoms with van der Waals surface area (Å²) in [5.41, 5.74) is 4.83. The van der Waals surface area contributed by atoms with Gasteiger partial charge in [0.1, 0.15) is 0 Å². The van der Waals surface area contributed by atoms with Gasteiger partial charge >= 0.3 is 5.97 Å². The third-order valence-electron chi connectivity index (χ3n) is 2.90. The maximum absolute atomic E-state index is 10.8. The fourth-order valence-corrected chi connectivity index (χ4v) is 1.66. The van der Waals surface area contributed by atoms with Crippen LogP contribution in [-0.2, 0) is 11.2 Å². The Labute approximate surface area is 90.9 Å². The molecule has 1 atom stereocenters. The first-order valence-corrected chi connectivity index (χ1v) is 5.21. The second kappa shape index (κ2) is 4.47. The molecule has 0 aliphatic heterocycles. The summed E-state index contributed by atoms with van der Waals surface area (Å²) in [7, 11) is 0. The minimum absolute atomic E-state index is 0.314. The number of carboxylic acid groups (broad SMARTS) is 1. The smallest absolute Gasteiger partial charge is 0.306 e. The van der Waals surface area contributed by atoms with Gasteiger partial charge in [0, 0.05) is 0 Å². The molecular weight excluding hydrogens is 188 g/mol. The molecule has 0 saturated heterocycles. The Bertz CT molecular complexity index is 380. The highest BCUT2D eigenvalue weighted by molar-refractivity contribution is 5.70. The van der Waals surface area contributed by atoms with Crippen molar-refractivity contribution in [2.45, 2.75) is 34.1 Å². The second-order valence-electron chi connectivity index (χ2n) is 4.31. The molecule has 0 aliphatic rings. The summed E-state index contributed by atoms with van der Waals surface area (Å²) in [5.74, 6) is -1.04. The van der Waals surface area contributed by atoms with Gasteiger partial charge < -0.3 is 5.11 Å². The van der Waals surface area contributed by atoms with Crippen molar-refractivity contribution in [3.8, 4) is 0 Å². The van der Waals surface area contributed by atoms with Gasteiger partial charge in [0.05, 0.1) is 5.92 Å². The van der Waals surface area contributed by atoms with E-state index in [0.717, 1.165) is 5.56 Å². The minimum Gasteiger partial charge on any atom is -0.481 e. The number of aryl methyl sites for hydroxylation is 3. The molecule has 2 nitrogen and oxygen atoms in total. The van der Waals surface area contributed by atoms with E-state index >= 15 is 0 Å². The summed E-state index contributed by atoms with van der Waals surface area (Å²) in [5, 5.41) is 8.86. The van der Waals surface area contributed by atoms with Crippen LogP contribution < -0.4 is 0 Å². The molecule has 1 aromatic rings. The molecule has 0 aliphatic carbocycles. The van der Waals surface area contributed by atoms with Gasteiger partial charge in [0.25, 0.3) is 0 Å². The van der Waals surface area contributed by atoms with Crippen molar-refractivity contribution in [1.29, 1.82) is 0 Å². The lowest BCUT2D eigenvalue weighted by molar-refractivity contribution is -0.141. The van der Waals surface area contributed by atoms with Gasteiger partial charge in [-0.3, -0.25) is 4.79 Å². The van der Waals surface area contributed by atoms with Crippen molar-refractivity contribution in [3.63, 3.8) is 0 Å². The van der Waals surface area contributed by atoms with Gasteiger partial charge in [-0.2, -0.15) is 0 Å². The zero-order chi connectivity index (χ0) is 11.6. The summed E-state index contributed by atoms with van der Waals surface area (Å²) in [6, 6.07) is 4.23. The zero-order valence-electron chi connectivity index (χ0n) is 9.79. The molecule has 82 valence electrons. The van der Waals surface area contributed by atoms with Crippen LogP contribution in [0.4, 0.5) is 0 Å².